The second kappa shape index (κ2) is 5.68. The molecule has 1 heterocycles. The van der Waals surface area contributed by atoms with Gasteiger partial charge in [0, 0.05) is 6.04 Å². The summed E-state index contributed by atoms with van der Waals surface area (Å²) in [5.41, 5.74) is 3.30. The van der Waals surface area contributed by atoms with Crippen LogP contribution in [0.3, 0.4) is 0 Å². The zero-order valence-corrected chi connectivity index (χ0v) is 12.5. The summed E-state index contributed by atoms with van der Waals surface area (Å²) in [5.74, 6) is -0.113. The van der Waals surface area contributed by atoms with E-state index in [-0.39, 0.29) is 5.91 Å². The van der Waals surface area contributed by atoms with Gasteiger partial charge in [-0.25, -0.2) is 4.68 Å². The fraction of sp³-hybridized carbons (Fsp3) is 0.438. The van der Waals surface area contributed by atoms with Crippen LogP contribution in [-0.4, -0.2) is 26.9 Å². The Balaban J connectivity index is 1.81. The maximum absolute atomic E-state index is 12.3. The zero-order chi connectivity index (χ0) is 14.8. The lowest BCUT2D eigenvalue weighted by Gasteiger charge is -2.10. The second-order valence-electron chi connectivity index (χ2n) is 5.73. The van der Waals surface area contributed by atoms with Crippen LogP contribution in [0.15, 0.2) is 24.3 Å². The van der Waals surface area contributed by atoms with Crippen molar-refractivity contribution in [1.29, 1.82) is 0 Å². The fourth-order valence-corrected chi connectivity index (χ4v) is 2.79. The average Bonchev–Trinajstić information content (AvgIpc) is 3.09. The van der Waals surface area contributed by atoms with Gasteiger partial charge < -0.3 is 5.32 Å². The van der Waals surface area contributed by atoms with Crippen molar-refractivity contribution in [2.24, 2.45) is 0 Å². The summed E-state index contributed by atoms with van der Waals surface area (Å²) >= 11 is 0. The molecule has 1 fully saturated rings. The van der Waals surface area contributed by atoms with Crippen molar-refractivity contribution in [3.8, 4) is 5.69 Å². The number of carbonyl (C=O) groups is 1. The van der Waals surface area contributed by atoms with Crippen molar-refractivity contribution in [1.82, 2.24) is 20.3 Å². The molecule has 1 aromatic heterocycles. The molecule has 0 radical (unpaired) electrons. The standard InChI is InChI=1S/C16H20N4O/c1-11-7-9-14(10-8-11)20-12(2)15(18-19-20)16(21)17-13-5-3-4-6-13/h7-10,13H,3-6H2,1-2H3,(H,17,21). The van der Waals surface area contributed by atoms with Gasteiger partial charge in [-0.1, -0.05) is 35.8 Å². The molecule has 0 bridgehead atoms. The van der Waals surface area contributed by atoms with E-state index in [0.717, 1.165) is 24.2 Å². The fourth-order valence-electron chi connectivity index (χ4n) is 2.79. The lowest BCUT2D eigenvalue weighted by atomic mass is 10.2. The molecule has 3 rings (SSSR count). The Morgan fingerprint density at radius 1 is 1.19 bits per heavy atom. The highest BCUT2D eigenvalue weighted by molar-refractivity contribution is 5.93. The Morgan fingerprint density at radius 2 is 1.86 bits per heavy atom. The highest BCUT2D eigenvalue weighted by Gasteiger charge is 2.22. The van der Waals surface area contributed by atoms with Gasteiger partial charge in [0.05, 0.1) is 11.4 Å². The third kappa shape index (κ3) is 2.82. The molecule has 21 heavy (non-hydrogen) atoms. The van der Waals surface area contributed by atoms with Crippen LogP contribution in [0, 0.1) is 13.8 Å². The van der Waals surface area contributed by atoms with E-state index in [9.17, 15) is 4.79 Å². The lowest BCUT2D eigenvalue weighted by Crippen LogP contribution is -2.33. The van der Waals surface area contributed by atoms with E-state index in [4.69, 9.17) is 0 Å². The molecule has 5 heteroatoms. The molecule has 1 saturated carbocycles. The van der Waals surface area contributed by atoms with Crippen molar-refractivity contribution in [3.63, 3.8) is 0 Å². The Labute approximate surface area is 124 Å². The molecule has 0 atom stereocenters. The third-order valence-electron chi connectivity index (χ3n) is 4.08. The highest BCUT2D eigenvalue weighted by atomic mass is 16.2. The number of hydrogen-bond acceptors (Lipinski definition) is 3. The summed E-state index contributed by atoms with van der Waals surface area (Å²) in [5, 5.41) is 11.2. The molecular formula is C16H20N4O. The molecule has 0 saturated heterocycles. The number of rotatable bonds is 3. The molecular weight excluding hydrogens is 264 g/mol. The number of aromatic nitrogens is 3. The van der Waals surface area contributed by atoms with Crippen molar-refractivity contribution < 1.29 is 4.79 Å². The summed E-state index contributed by atoms with van der Waals surface area (Å²) in [7, 11) is 0. The van der Waals surface area contributed by atoms with Gasteiger partial charge in [0.25, 0.3) is 5.91 Å². The smallest absolute Gasteiger partial charge is 0.273 e. The molecule has 1 aliphatic carbocycles. The van der Waals surface area contributed by atoms with Gasteiger partial charge in [0.2, 0.25) is 0 Å². The number of amides is 1. The predicted molar refractivity (Wildman–Crippen MR) is 80.6 cm³/mol. The molecule has 1 amide bonds. The first kappa shape index (κ1) is 13.8. The molecule has 5 nitrogen and oxygen atoms in total. The number of hydrogen-bond donors (Lipinski definition) is 1. The first-order chi connectivity index (χ1) is 10.1. The van der Waals surface area contributed by atoms with E-state index in [0.29, 0.717) is 11.7 Å². The molecule has 0 aliphatic heterocycles. The summed E-state index contributed by atoms with van der Waals surface area (Å²) in [6.45, 7) is 3.92. The van der Waals surface area contributed by atoms with E-state index in [1.165, 1.54) is 18.4 Å². The second-order valence-corrected chi connectivity index (χ2v) is 5.73. The first-order valence-electron chi connectivity index (χ1n) is 7.45. The van der Waals surface area contributed by atoms with E-state index >= 15 is 0 Å². The van der Waals surface area contributed by atoms with Crippen LogP contribution in [0.1, 0.15) is 47.4 Å². The van der Waals surface area contributed by atoms with E-state index in [1.54, 1.807) is 4.68 Å². The summed E-state index contributed by atoms with van der Waals surface area (Å²) < 4.78 is 1.71. The molecule has 1 N–H and O–H groups in total. The SMILES string of the molecule is Cc1ccc(-n2nnc(C(=O)NC3CCCC3)c2C)cc1. The summed E-state index contributed by atoms with van der Waals surface area (Å²) in [4.78, 5) is 12.3. The van der Waals surface area contributed by atoms with Gasteiger partial charge in [-0.3, -0.25) is 4.79 Å². The van der Waals surface area contributed by atoms with Gasteiger partial charge in [0.15, 0.2) is 5.69 Å². The normalized spacial score (nSPS) is 15.3. The number of nitrogens with zero attached hydrogens (tertiary/aromatic N) is 3. The van der Waals surface area contributed by atoms with Crippen LogP contribution < -0.4 is 5.32 Å². The quantitative estimate of drug-likeness (QED) is 0.942. The highest BCUT2D eigenvalue weighted by Crippen LogP contribution is 2.19. The Kier molecular flexibility index (Phi) is 3.73. The maximum atomic E-state index is 12.3. The van der Waals surface area contributed by atoms with Gasteiger partial charge in [-0.15, -0.1) is 5.10 Å². The molecule has 0 unspecified atom stereocenters. The zero-order valence-electron chi connectivity index (χ0n) is 12.5. The van der Waals surface area contributed by atoms with E-state index in [1.807, 2.05) is 38.1 Å². The van der Waals surface area contributed by atoms with Crippen LogP contribution in [0.2, 0.25) is 0 Å². The summed E-state index contributed by atoms with van der Waals surface area (Å²) in [6.07, 6.45) is 4.52. The minimum absolute atomic E-state index is 0.113. The van der Waals surface area contributed by atoms with Crippen molar-refractivity contribution in [2.75, 3.05) is 0 Å². The van der Waals surface area contributed by atoms with Crippen LogP contribution in [-0.2, 0) is 0 Å². The van der Waals surface area contributed by atoms with Crippen molar-refractivity contribution in [2.45, 2.75) is 45.6 Å². The van der Waals surface area contributed by atoms with Crippen molar-refractivity contribution >= 4 is 5.91 Å². The Morgan fingerprint density at radius 3 is 2.52 bits per heavy atom. The molecule has 1 aliphatic rings. The average molecular weight is 284 g/mol. The number of carbonyl (C=O) groups excluding carboxylic acids is 1. The predicted octanol–water partition coefficient (Wildman–Crippen LogP) is 2.56. The number of benzene rings is 1. The molecule has 1 aromatic carbocycles. The van der Waals surface area contributed by atoms with Crippen molar-refractivity contribution in [3.05, 3.63) is 41.2 Å². The van der Waals surface area contributed by atoms with E-state index in [2.05, 4.69) is 15.6 Å². The van der Waals surface area contributed by atoms with Crippen LogP contribution in [0.25, 0.3) is 5.69 Å². The summed E-state index contributed by atoms with van der Waals surface area (Å²) in [6, 6.07) is 8.30. The third-order valence-corrected chi connectivity index (χ3v) is 4.08. The molecule has 0 spiro atoms. The Hall–Kier alpha value is -2.17. The minimum atomic E-state index is -0.113. The van der Waals surface area contributed by atoms with Gasteiger partial charge >= 0.3 is 0 Å². The topological polar surface area (TPSA) is 59.8 Å². The van der Waals surface area contributed by atoms with Gasteiger partial charge in [-0.05, 0) is 38.8 Å². The van der Waals surface area contributed by atoms with Crippen LogP contribution in [0.4, 0.5) is 0 Å². The minimum Gasteiger partial charge on any atom is -0.348 e. The van der Waals surface area contributed by atoms with E-state index < -0.39 is 0 Å². The maximum Gasteiger partial charge on any atom is 0.273 e. The number of nitrogens with one attached hydrogen (secondary N) is 1. The largest absolute Gasteiger partial charge is 0.348 e. The van der Waals surface area contributed by atoms with Gasteiger partial charge in [0.1, 0.15) is 0 Å². The van der Waals surface area contributed by atoms with Crippen LogP contribution in [0.5, 0.6) is 0 Å². The molecule has 110 valence electrons. The lowest BCUT2D eigenvalue weighted by molar-refractivity contribution is 0.0932. The monoisotopic (exact) mass is 284 g/mol. The molecule has 2 aromatic rings. The number of aryl methyl sites for hydroxylation is 1. The Bertz CT molecular complexity index is 639. The van der Waals surface area contributed by atoms with Gasteiger partial charge in [-0.2, -0.15) is 0 Å². The van der Waals surface area contributed by atoms with Crippen LogP contribution >= 0.6 is 0 Å². The first-order valence-corrected chi connectivity index (χ1v) is 7.45.